The van der Waals surface area contributed by atoms with Gasteiger partial charge in [-0.25, -0.2) is 18.0 Å². The Bertz CT molecular complexity index is 994. The van der Waals surface area contributed by atoms with Crippen molar-refractivity contribution >= 4 is 6.09 Å². The molecule has 31 heavy (non-hydrogen) atoms. The first kappa shape index (κ1) is 21.7. The van der Waals surface area contributed by atoms with Crippen LogP contribution in [0.1, 0.15) is 39.2 Å². The van der Waals surface area contributed by atoms with Gasteiger partial charge in [0, 0.05) is 29.6 Å². The first-order chi connectivity index (χ1) is 14.5. The average Bonchev–Trinajstić information content (AvgIpc) is 3.38. The van der Waals surface area contributed by atoms with Gasteiger partial charge in [-0.05, 0) is 63.3 Å². The summed E-state index contributed by atoms with van der Waals surface area (Å²) < 4.78 is 48.3. The molecular formula is C24H27F3N2O2. The molecule has 1 amide bonds. The molecule has 0 radical (unpaired) electrons. The van der Waals surface area contributed by atoms with Gasteiger partial charge in [0.15, 0.2) is 0 Å². The number of carbonyl (C=O) groups excluding carboxylic acids is 1. The van der Waals surface area contributed by atoms with Crippen LogP contribution in [-0.2, 0) is 11.2 Å². The van der Waals surface area contributed by atoms with Gasteiger partial charge in [-0.15, -0.1) is 0 Å². The van der Waals surface area contributed by atoms with Crippen molar-refractivity contribution in [1.82, 2.24) is 4.90 Å². The lowest BCUT2D eigenvalue weighted by molar-refractivity contribution is 0.0215. The lowest BCUT2D eigenvalue weighted by atomic mass is 9.91. The zero-order valence-electron chi connectivity index (χ0n) is 17.9. The number of amides is 1. The number of carbonyl (C=O) groups is 1. The molecule has 7 heteroatoms. The third-order valence-electron chi connectivity index (χ3n) is 6.21. The Balaban J connectivity index is 1.65. The minimum absolute atomic E-state index is 0.104. The van der Waals surface area contributed by atoms with Gasteiger partial charge in [0.2, 0.25) is 0 Å². The Morgan fingerprint density at radius 1 is 1.16 bits per heavy atom. The maximum absolute atomic E-state index is 15.4. The number of nitrogens with zero attached hydrogens (tertiary/aromatic N) is 1. The van der Waals surface area contributed by atoms with Crippen LogP contribution in [0.15, 0.2) is 36.4 Å². The van der Waals surface area contributed by atoms with Crippen LogP contribution in [0.4, 0.5) is 18.0 Å². The molecule has 2 N–H and O–H groups in total. The van der Waals surface area contributed by atoms with Gasteiger partial charge in [-0.2, -0.15) is 0 Å². The highest BCUT2D eigenvalue weighted by Gasteiger charge is 2.59. The van der Waals surface area contributed by atoms with E-state index in [0.717, 1.165) is 31.0 Å². The molecule has 1 aliphatic heterocycles. The van der Waals surface area contributed by atoms with E-state index in [2.05, 4.69) is 0 Å². The Morgan fingerprint density at radius 3 is 2.39 bits per heavy atom. The van der Waals surface area contributed by atoms with Crippen LogP contribution in [0.25, 0.3) is 11.1 Å². The van der Waals surface area contributed by atoms with Crippen LogP contribution < -0.4 is 5.73 Å². The highest BCUT2D eigenvalue weighted by Crippen LogP contribution is 2.54. The first-order valence-corrected chi connectivity index (χ1v) is 10.5. The SMILES string of the molecule is CC(C)(C)OC(=O)N1CC2(CC2)[C@H](N)[C@@H]1Cc1cccc(-c2cc(F)cc(F)c2)c1F. The van der Waals surface area contributed by atoms with Gasteiger partial charge < -0.3 is 15.4 Å². The van der Waals surface area contributed by atoms with Crippen molar-refractivity contribution in [2.45, 2.75) is 57.7 Å². The van der Waals surface area contributed by atoms with Gasteiger partial charge >= 0.3 is 6.09 Å². The fourth-order valence-corrected chi connectivity index (χ4v) is 4.47. The molecular weight excluding hydrogens is 405 g/mol. The van der Waals surface area contributed by atoms with Crippen molar-refractivity contribution < 1.29 is 22.7 Å². The molecule has 1 spiro atoms. The smallest absolute Gasteiger partial charge is 0.410 e. The molecule has 0 aromatic heterocycles. The summed E-state index contributed by atoms with van der Waals surface area (Å²) in [5.41, 5.74) is 6.30. The van der Waals surface area contributed by atoms with Crippen molar-refractivity contribution in [2.75, 3.05) is 6.54 Å². The zero-order chi connectivity index (χ0) is 22.6. The van der Waals surface area contributed by atoms with Crippen LogP contribution in [0.5, 0.6) is 0 Å². The molecule has 4 rings (SSSR count). The first-order valence-electron chi connectivity index (χ1n) is 10.5. The highest BCUT2D eigenvalue weighted by molar-refractivity contribution is 5.70. The Morgan fingerprint density at radius 2 is 1.81 bits per heavy atom. The fraction of sp³-hybridized carbons (Fsp3) is 0.458. The summed E-state index contributed by atoms with van der Waals surface area (Å²) in [7, 11) is 0. The second-order valence-corrected chi connectivity index (χ2v) is 9.70. The standard InChI is InChI=1S/C24H27F3N2O2/c1-23(2,3)31-22(30)29-13-24(7-8-24)21(28)19(29)11-14-5-4-6-18(20(14)27)15-9-16(25)12-17(26)10-15/h4-6,9-10,12,19,21H,7-8,11,13,28H2,1-3H3/t19-,21+/m0/s1. The Hall–Kier alpha value is -2.54. The molecule has 1 aliphatic carbocycles. The van der Waals surface area contributed by atoms with Gasteiger partial charge in [0.25, 0.3) is 0 Å². The number of hydrogen-bond donors (Lipinski definition) is 1. The van der Waals surface area contributed by atoms with Crippen LogP contribution in [0.3, 0.4) is 0 Å². The van der Waals surface area contributed by atoms with Gasteiger partial charge in [-0.1, -0.05) is 18.2 Å². The molecule has 1 heterocycles. The lowest BCUT2D eigenvalue weighted by Crippen LogP contribution is -2.46. The third kappa shape index (κ3) is 4.28. The number of hydrogen-bond acceptors (Lipinski definition) is 3. The predicted octanol–water partition coefficient (Wildman–Crippen LogP) is 5.04. The number of ether oxygens (including phenoxy) is 1. The van der Waals surface area contributed by atoms with E-state index in [4.69, 9.17) is 10.5 Å². The van der Waals surface area contributed by atoms with Gasteiger partial charge in [0.05, 0.1) is 6.04 Å². The van der Waals surface area contributed by atoms with E-state index < -0.39 is 35.2 Å². The van der Waals surface area contributed by atoms with Crippen molar-refractivity contribution in [2.24, 2.45) is 11.1 Å². The second-order valence-electron chi connectivity index (χ2n) is 9.70. The topological polar surface area (TPSA) is 55.6 Å². The summed E-state index contributed by atoms with van der Waals surface area (Å²) >= 11 is 0. The van der Waals surface area contributed by atoms with Gasteiger partial charge in [0.1, 0.15) is 23.1 Å². The Kier molecular flexibility index (Phi) is 5.28. The number of rotatable bonds is 3. The van der Waals surface area contributed by atoms with E-state index in [1.807, 2.05) is 0 Å². The number of benzene rings is 2. The Labute approximate surface area is 180 Å². The van der Waals surface area contributed by atoms with Crippen molar-refractivity contribution in [3.05, 3.63) is 59.4 Å². The number of halogens is 3. The number of nitrogens with two attached hydrogens (primary N) is 1. The van der Waals surface area contributed by atoms with Crippen LogP contribution in [0, 0.1) is 22.9 Å². The van der Waals surface area contributed by atoms with Crippen molar-refractivity contribution in [3.63, 3.8) is 0 Å². The molecule has 2 atom stereocenters. The predicted molar refractivity (Wildman–Crippen MR) is 112 cm³/mol. The van der Waals surface area contributed by atoms with E-state index in [-0.39, 0.29) is 29.0 Å². The summed E-state index contributed by atoms with van der Waals surface area (Å²) in [6, 6.07) is 6.96. The van der Waals surface area contributed by atoms with E-state index in [0.29, 0.717) is 12.1 Å². The van der Waals surface area contributed by atoms with E-state index in [9.17, 15) is 13.6 Å². The van der Waals surface area contributed by atoms with E-state index in [1.54, 1.807) is 37.8 Å². The number of likely N-dealkylation sites (tertiary alicyclic amines) is 1. The summed E-state index contributed by atoms with van der Waals surface area (Å²) in [4.78, 5) is 14.5. The summed E-state index contributed by atoms with van der Waals surface area (Å²) in [5.74, 6) is -2.12. The van der Waals surface area contributed by atoms with Crippen LogP contribution >= 0.6 is 0 Å². The summed E-state index contributed by atoms with van der Waals surface area (Å²) in [6.07, 6.45) is 1.59. The molecule has 1 saturated carbocycles. The van der Waals surface area contributed by atoms with E-state index in [1.165, 1.54) is 6.07 Å². The zero-order valence-corrected chi connectivity index (χ0v) is 17.9. The van der Waals surface area contributed by atoms with Crippen LogP contribution in [-0.4, -0.2) is 35.2 Å². The fourth-order valence-electron chi connectivity index (χ4n) is 4.47. The minimum atomic E-state index is -0.774. The molecule has 166 valence electrons. The second kappa shape index (κ2) is 7.55. The van der Waals surface area contributed by atoms with Crippen LogP contribution in [0.2, 0.25) is 0 Å². The highest BCUT2D eigenvalue weighted by atomic mass is 19.1. The quantitative estimate of drug-likeness (QED) is 0.739. The molecule has 2 fully saturated rings. The summed E-state index contributed by atoms with van der Waals surface area (Å²) in [6.45, 7) is 5.88. The van der Waals surface area contributed by atoms with Crippen molar-refractivity contribution in [3.8, 4) is 11.1 Å². The minimum Gasteiger partial charge on any atom is -0.444 e. The molecule has 2 aromatic rings. The molecule has 4 nitrogen and oxygen atoms in total. The maximum Gasteiger partial charge on any atom is 0.410 e. The molecule has 0 unspecified atom stereocenters. The lowest BCUT2D eigenvalue weighted by Gasteiger charge is -2.30. The third-order valence-corrected chi connectivity index (χ3v) is 6.21. The summed E-state index contributed by atoms with van der Waals surface area (Å²) in [5, 5.41) is 0. The van der Waals surface area contributed by atoms with E-state index >= 15 is 4.39 Å². The molecule has 2 aliphatic rings. The average molecular weight is 432 g/mol. The molecule has 1 saturated heterocycles. The largest absolute Gasteiger partial charge is 0.444 e. The molecule has 0 bridgehead atoms. The maximum atomic E-state index is 15.4. The monoisotopic (exact) mass is 432 g/mol. The van der Waals surface area contributed by atoms with Gasteiger partial charge in [-0.3, -0.25) is 0 Å². The van der Waals surface area contributed by atoms with Crippen molar-refractivity contribution in [1.29, 1.82) is 0 Å². The molecule has 2 aromatic carbocycles. The normalized spacial score (nSPS) is 22.1.